The van der Waals surface area contributed by atoms with Gasteiger partial charge in [0, 0.05) is 43.1 Å². The van der Waals surface area contributed by atoms with Crippen molar-refractivity contribution < 1.29 is 27.8 Å². The summed E-state index contributed by atoms with van der Waals surface area (Å²) in [5.74, 6) is -1.10. The Morgan fingerprint density at radius 1 is 0.976 bits per heavy atom. The molecule has 0 amide bonds. The van der Waals surface area contributed by atoms with Gasteiger partial charge in [0.2, 0.25) is 11.3 Å². The first-order valence-corrected chi connectivity index (χ1v) is 13.0. The lowest BCUT2D eigenvalue weighted by atomic mass is 9.93. The van der Waals surface area contributed by atoms with Crippen LogP contribution in [0.3, 0.4) is 0 Å². The third kappa shape index (κ3) is 5.61. The molecule has 214 valence electrons. The Morgan fingerprint density at radius 3 is 2.50 bits per heavy atom. The molecule has 3 aromatic heterocycles. The van der Waals surface area contributed by atoms with E-state index in [4.69, 9.17) is 14.2 Å². The molecule has 0 bridgehead atoms. The zero-order valence-electron chi connectivity index (χ0n) is 23.4. The van der Waals surface area contributed by atoms with Gasteiger partial charge in [0.25, 0.3) is 0 Å². The van der Waals surface area contributed by atoms with Gasteiger partial charge in [-0.1, -0.05) is 12.1 Å². The molecule has 5 aromatic rings. The number of fused-ring (bicyclic) bond motifs is 1. The highest BCUT2D eigenvalue weighted by Crippen LogP contribution is 2.31. The number of rotatable bonds is 9. The summed E-state index contributed by atoms with van der Waals surface area (Å²) in [7, 11) is 2.93. The van der Waals surface area contributed by atoms with Crippen molar-refractivity contribution in [2.24, 2.45) is 0 Å². The fourth-order valence-electron chi connectivity index (χ4n) is 4.87. The number of aryl methyl sites for hydroxylation is 2. The number of hydrogen-bond acceptors (Lipinski definition) is 7. The van der Waals surface area contributed by atoms with E-state index in [-0.39, 0.29) is 35.7 Å². The van der Waals surface area contributed by atoms with Gasteiger partial charge in [-0.2, -0.15) is 0 Å². The lowest BCUT2D eigenvalue weighted by Crippen LogP contribution is -2.24. The van der Waals surface area contributed by atoms with Gasteiger partial charge < -0.3 is 19.2 Å². The molecule has 0 fully saturated rings. The standard InChI is InChI=1S/C32H27F2N3O5/c1-17-13-20(33)6-7-21(17)29-18(2)36-24(16-40-3)30(32(29)39)25(38)15-19-5-9-26(22(34)14-19)42-27-11-12-35-23-8-10-28(41-4)37-31(23)27/h5-14H,15-16H2,1-4H3,(H,36,39). The Balaban J connectivity index is 1.46. The van der Waals surface area contributed by atoms with E-state index in [1.807, 2.05) is 0 Å². The number of nitrogens with zero attached hydrogens (tertiary/aromatic N) is 2. The van der Waals surface area contributed by atoms with Crippen LogP contribution in [0.2, 0.25) is 0 Å². The summed E-state index contributed by atoms with van der Waals surface area (Å²) in [6, 6.07) is 13.2. The second kappa shape index (κ2) is 11.9. The van der Waals surface area contributed by atoms with Crippen molar-refractivity contribution in [2.45, 2.75) is 26.9 Å². The monoisotopic (exact) mass is 571 g/mol. The number of pyridine rings is 3. The van der Waals surface area contributed by atoms with E-state index < -0.39 is 22.8 Å². The fourth-order valence-corrected chi connectivity index (χ4v) is 4.87. The molecule has 0 radical (unpaired) electrons. The third-order valence-electron chi connectivity index (χ3n) is 6.81. The summed E-state index contributed by atoms with van der Waals surface area (Å²) >= 11 is 0. The summed E-state index contributed by atoms with van der Waals surface area (Å²) < 4.78 is 45.2. The van der Waals surface area contributed by atoms with E-state index in [1.165, 1.54) is 50.7 Å². The average molecular weight is 572 g/mol. The molecule has 2 aromatic carbocycles. The van der Waals surface area contributed by atoms with E-state index in [2.05, 4.69) is 15.0 Å². The number of aromatic amines is 1. The zero-order valence-corrected chi connectivity index (χ0v) is 23.4. The number of H-pyrrole nitrogens is 1. The van der Waals surface area contributed by atoms with E-state index >= 15 is 4.39 Å². The van der Waals surface area contributed by atoms with Gasteiger partial charge in [0.15, 0.2) is 23.1 Å². The second-order valence-electron chi connectivity index (χ2n) is 9.70. The largest absolute Gasteiger partial charge is 0.481 e. The van der Waals surface area contributed by atoms with Gasteiger partial charge in [0.1, 0.15) is 11.3 Å². The highest BCUT2D eigenvalue weighted by atomic mass is 19.1. The van der Waals surface area contributed by atoms with Crippen LogP contribution in [0.5, 0.6) is 17.4 Å². The van der Waals surface area contributed by atoms with E-state index in [0.717, 1.165) is 0 Å². The molecule has 0 atom stereocenters. The van der Waals surface area contributed by atoms with Crippen LogP contribution in [0.15, 0.2) is 65.6 Å². The van der Waals surface area contributed by atoms with Gasteiger partial charge in [0.05, 0.1) is 30.5 Å². The number of Topliss-reactive ketones (excluding diaryl/α,β-unsaturated/α-hetero) is 1. The summed E-state index contributed by atoms with van der Waals surface area (Å²) in [6.07, 6.45) is 1.27. The molecule has 0 unspecified atom stereocenters. The zero-order chi connectivity index (χ0) is 30.0. The first-order chi connectivity index (χ1) is 20.2. The third-order valence-corrected chi connectivity index (χ3v) is 6.81. The minimum Gasteiger partial charge on any atom is -0.481 e. The highest BCUT2D eigenvalue weighted by Gasteiger charge is 2.23. The highest BCUT2D eigenvalue weighted by molar-refractivity contribution is 5.99. The van der Waals surface area contributed by atoms with Gasteiger partial charge in [-0.3, -0.25) is 14.6 Å². The average Bonchev–Trinajstić information content (AvgIpc) is 2.95. The molecule has 8 nitrogen and oxygen atoms in total. The van der Waals surface area contributed by atoms with Crippen LogP contribution in [0.25, 0.3) is 22.2 Å². The van der Waals surface area contributed by atoms with Crippen LogP contribution >= 0.6 is 0 Å². The summed E-state index contributed by atoms with van der Waals surface area (Å²) in [4.78, 5) is 39.0. The molecule has 1 N–H and O–H groups in total. The number of hydrogen-bond donors (Lipinski definition) is 1. The number of ketones is 1. The molecule has 0 spiro atoms. The molecule has 10 heteroatoms. The number of aromatic nitrogens is 3. The maximum atomic E-state index is 15.2. The van der Waals surface area contributed by atoms with Crippen LogP contribution in [0.4, 0.5) is 8.78 Å². The van der Waals surface area contributed by atoms with E-state index in [1.54, 1.807) is 38.1 Å². The summed E-state index contributed by atoms with van der Waals surface area (Å²) in [5.41, 5.74) is 2.83. The number of nitrogens with one attached hydrogen (secondary N) is 1. The van der Waals surface area contributed by atoms with Crippen molar-refractivity contribution in [1.82, 2.24) is 15.0 Å². The van der Waals surface area contributed by atoms with Crippen molar-refractivity contribution >= 4 is 16.8 Å². The predicted octanol–water partition coefficient (Wildman–Crippen LogP) is 6.25. The Labute approximate surface area is 239 Å². The molecule has 5 rings (SSSR count). The maximum Gasteiger partial charge on any atom is 0.213 e. The van der Waals surface area contributed by atoms with Crippen LogP contribution in [0.1, 0.15) is 32.9 Å². The second-order valence-corrected chi connectivity index (χ2v) is 9.70. The smallest absolute Gasteiger partial charge is 0.213 e. The summed E-state index contributed by atoms with van der Waals surface area (Å²) in [5, 5.41) is 0. The molecular formula is C32H27F2N3O5. The topological polar surface area (TPSA) is 103 Å². The fraction of sp³-hybridized carbons (Fsp3) is 0.188. The minimum atomic E-state index is -0.703. The van der Waals surface area contributed by atoms with Crippen molar-refractivity contribution in [2.75, 3.05) is 14.2 Å². The van der Waals surface area contributed by atoms with Crippen molar-refractivity contribution in [1.29, 1.82) is 0 Å². The molecule has 0 saturated carbocycles. The Hall–Kier alpha value is -4.96. The lowest BCUT2D eigenvalue weighted by molar-refractivity contribution is 0.0985. The number of carbonyl (C=O) groups excluding carboxylic acids is 1. The van der Waals surface area contributed by atoms with Crippen molar-refractivity contribution in [3.8, 4) is 28.5 Å². The Morgan fingerprint density at radius 2 is 1.79 bits per heavy atom. The first kappa shape index (κ1) is 28.6. The lowest BCUT2D eigenvalue weighted by Gasteiger charge is -2.15. The first-order valence-electron chi connectivity index (χ1n) is 13.0. The van der Waals surface area contributed by atoms with Crippen LogP contribution in [0, 0.1) is 25.5 Å². The van der Waals surface area contributed by atoms with Crippen molar-refractivity contribution in [3.05, 3.63) is 111 Å². The molecule has 0 aliphatic heterocycles. The Kier molecular flexibility index (Phi) is 8.08. The molecule has 0 saturated heterocycles. The Bertz CT molecular complexity index is 1890. The van der Waals surface area contributed by atoms with Gasteiger partial charge in [-0.05, 0) is 60.9 Å². The number of carbonyl (C=O) groups is 1. The molecule has 3 heterocycles. The van der Waals surface area contributed by atoms with Crippen LogP contribution < -0.4 is 14.9 Å². The predicted molar refractivity (Wildman–Crippen MR) is 153 cm³/mol. The minimum absolute atomic E-state index is 0.0142. The number of halogens is 2. The van der Waals surface area contributed by atoms with Crippen LogP contribution in [-0.4, -0.2) is 35.0 Å². The number of benzene rings is 2. The molecular weight excluding hydrogens is 544 g/mol. The molecule has 0 aliphatic rings. The van der Waals surface area contributed by atoms with Crippen molar-refractivity contribution in [3.63, 3.8) is 0 Å². The molecule has 0 aliphatic carbocycles. The summed E-state index contributed by atoms with van der Waals surface area (Å²) in [6.45, 7) is 3.38. The quantitative estimate of drug-likeness (QED) is 0.209. The maximum absolute atomic E-state index is 15.2. The van der Waals surface area contributed by atoms with Gasteiger partial charge in [-0.25, -0.2) is 13.8 Å². The van der Waals surface area contributed by atoms with E-state index in [9.17, 15) is 14.0 Å². The molecule has 42 heavy (non-hydrogen) atoms. The number of methoxy groups -OCH3 is 2. The van der Waals surface area contributed by atoms with E-state index in [0.29, 0.717) is 45.0 Å². The number of ether oxygens (including phenoxy) is 3. The van der Waals surface area contributed by atoms with Gasteiger partial charge in [-0.15, -0.1) is 0 Å². The van der Waals surface area contributed by atoms with Crippen LogP contribution in [-0.2, 0) is 17.8 Å². The normalized spacial score (nSPS) is 11.1. The SMILES string of the molecule is COCc1[nH]c(C)c(-c2ccc(F)cc2C)c(=O)c1C(=O)Cc1ccc(Oc2ccnc3ccc(OC)nc23)c(F)c1. The van der Waals surface area contributed by atoms with Gasteiger partial charge >= 0.3 is 0 Å².